The molecule has 1 amide bonds. The topological polar surface area (TPSA) is 46.3 Å². The van der Waals surface area contributed by atoms with Gasteiger partial charge in [0.1, 0.15) is 0 Å². The first-order chi connectivity index (χ1) is 9.00. The zero-order valence-electron chi connectivity index (χ0n) is 12.1. The third kappa shape index (κ3) is 2.91. The molecule has 1 aromatic carbocycles. The van der Waals surface area contributed by atoms with E-state index in [1.165, 1.54) is 19.3 Å². The summed E-state index contributed by atoms with van der Waals surface area (Å²) in [4.78, 5) is 14.5. The van der Waals surface area contributed by atoms with Crippen LogP contribution in [-0.2, 0) is 0 Å². The maximum Gasteiger partial charge on any atom is 0.255 e. The molecule has 0 aromatic heterocycles. The summed E-state index contributed by atoms with van der Waals surface area (Å²) in [5.74, 6) is 0.633. The van der Waals surface area contributed by atoms with Crippen molar-refractivity contribution < 1.29 is 4.79 Å². The summed E-state index contributed by atoms with van der Waals surface area (Å²) in [6.45, 7) is 4.23. The number of carbonyl (C=O) groups is 1. The molecule has 2 rings (SSSR count). The molecule has 104 valence electrons. The highest BCUT2D eigenvalue weighted by molar-refractivity contribution is 5.99. The molecule has 0 radical (unpaired) electrons. The van der Waals surface area contributed by atoms with Gasteiger partial charge in [-0.15, -0.1) is 0 Å². The summed E-state index contributed by atoms with van der Waals surface area (Å²) in [5.41, 5.74) is 8.23. The summed E-state index contributed by atoms with van der Waals surface area (Å²) in [6, 6.07) is 6.00. The van der Waals surface area contributed by atoms with E-state index in [0.29, 0.717) is 23.2 Å². The van der Waals surface area contributed by atoms with E-state index in [9.17, 15) is 4.79 Å². The van der Waals surface area contributed by atoms with Crippen molar-refractivity contribution in [3.8, 4) is 0 Å². The van der Waals surface area contributed by atoms with E-state index in [-0.39, 0.29) is 5.91 Å². The lowest BCUT2D eigenvalue weighted by Gasteiger charge is -2.36. The lowest BCUT2D eigenvalue weighted by atomic mass is 9.85. The molecule has 0 saturated heterocycles. The Hall–Kier alpha value is -1.51. The van der Waals surface area contributed by atoms with Crippen LogP contribution in [0.2, 0.25) is 0 Å². The van der Waals surface area contributed by atoms with E-state index >= 15 is 0 Å². The zero-order chi connectivity index (χ0) is 14.0. The van der Waals surface area contributed by atoms with Gasteiger partial charge in [0, 0.05) is 18.8 Å². The van der Waals surface area contributed by atoms with Gasteiger partial charge >= 0.3 is 0 Å². The third-order valence-electron chi connectivity index (χ3n) is 4.32. The van der Waals surface area contributed by atoms with Gasteiger partial charge in [0.15, 0.2) is 0 Å². The molecule has 1 fully saturated rings. The number of benzene rings is 1. The second kappa shape index (κ2) is 5.64. The number of nitrogens with two attached hydrogens (primary N) is 1. The number of hydrogen-bond acceptors (Lipinski definition) is 2. The highest BCUT2D eigenvalue weighted by atomic mass is 16.2. The molecule has 3 nitrogen and oxygen atoms in total. The Bertz CT molecular complexity index is 470. The molecule has 2 atom stereocenters. The highest BCUT2D eigenvalue weighted by Gasteiger charge is 2.29. The summed E-state index contributed by atoms with van der Waals surface area (Å²) < 4.78 is 0. The maximum absolute atomic E-state index is 12.6. The average Bonchev–Trinajstić information content (AvgIpc) is 2.40. The molecule has 1 aliphatic rings. The predicted octanol–water partition coefficient (Wildman–Crippen LogP) is 3.23. The van der Waals surface area contributed by atoms with Crippen molar-refractivity contribution in [3.05, 3.63) is 29.3 Å². The quantitative estimate of drug-likeness (QED) is 0.830. The molecule has 0 spiro atoms. The number of aryl methyl sites for hydroxylation is 1. The minimum Gasteiger partial charge on any atom is -0.398 e. The van der Waals surface area contributed by atoms with Crippen molar-refractivity contribution >= 4 is 11.6 Å². The van der Waals surface area contributed by atoms with Crippen LogP contribution >= 0.6 is 0 Å². The fraction of sp³-hybridized carbons (Fsp3) is 0.562. The van der Waals surface area contributed by atoms with Crippen LogP contribution in [0.5, 0.6) is 0 Å². The van der Waals surface area contributed by atoms with Crippen LogP contribution in [0.1, 0.15) is 48.5 Å². The van der Waals surface area contributed by atoms with E-state index in [4.69, 9.17) is 5.73 Å². The molecular formula is C16H24N2O. The average molecular weight is 260 g/mol. The summed E-state index contributed by atoms with van der Waals surface area (Å²) in [7, 11) is 1.91. The molecule has 19 heavy (non-hydrogen) atoms. The van der Waals surface area contributed by atoms with Gasteiger partial charge in [-0.3, -0.25) is 4.79 Å². The molecule has 1 aromatic rings. The first-order valence-electron chi connectivity index (χ1n) is 7.14. The molecule has 1 aliphatic carbocycles. The monoisotopic (exact) mass is 260 g/mol. The molecule has 0 aliphatic heterocycles. The van der Waals surface area contributed by atoms with Crippen LogP contribution in [0.25, 0.3) is 0 Å². The van der Waals surface area contributed by atoms with Crippen molar-refractivity contribution in [2.75, 3.05) is 12.8 Å². The summed E-state index contributed by atoms with van der Waals surface area (Å²) in [6.07, 6.45) is 4.82. The molecule has 0 heterocycles. The van der Waals surface area contributed by atoms with Crippen LogP contribution in [0, 0.1) is 12.8 Å². The van der Waals surface area contributed by atoms with E-state index in [1.807, 2.05) is 37.1 Å². The SMILES string of the molecule is Cc1ccc(N)c(C(=O)N(C)C2CCCCC2C)c1. The van der Waals surface area contributed by atoms with E-state index in [0.717, 1.165) is 12.0 Å². The van der Waals surface area contributed by atoms with E-state index < -0.39 is 0 Å². The Morgan fingerprint density at radius 3 is 2.68 bits per heavy atom. The molecule has 2 N–H and O–H groups in total. The smallest absolute Gasteiger partial charge is 0.255 e. The van der Waals surface area contributed by atoms with Crippen LogP contribution in [0.4, 0.5) is 5.69 Å². The number of nitrogen functional groups attached to an aromatic ring is 1. The Balaban J connectivity index is 2.20. The van der Waals surface area contributed by atoms with Crippen LogP contribution in [0.3, 0.4) is 0 Å². The second-order valence-corrected chi connectivity index (χ2v) is 5.84. The van der Waals surface area contributed by atoms with Gasteiger partial charge in [-0.1, -0.05) is 31.4 Å². The third-order valence-corrected chi connectivity index (χ3v) is 4.32. The fourth-order valence-electron chi connectivity index (χ4n) is 3.07. The molecule has 2 unspecified atom stereocenters. The fourth-order valence-corrected chi connectivity index (χ4v) is 3.07. The van der Waals surface area contributed by atoms with Crippen molar-refractivity contribution in [1.29, 1.82) is 0 Å². The van der Waals surface area contributed by atoms with Crippen LogP contribution in [0.15, 0.2) is 18.2 Å². The Morgan fingerprint density at radius 1 is 1.32 bits per heavy atom. The van der Waals surface area contributed by atoms with Gasteiger partial charge in [0.25, 0.3) is 5.91 Å². The number of rotatable bonds is 2. The van der Waals surface area contributed by atoms with Crippen LogP contribution in [-0.4, -0.2) is 23.9 Å². The van der Waals surface area contributed by atoms with Gasteiger partial charge in [0.05, 0.1) is 5.56 Å². The molecule has 3 heteroatoms. The minimum atomic E-state index is 0.0555. The van der Waals surface area contributed by atoms with Gasteiger partial charge in [-0.25, -0.2) is 0 Å². The number of amides is 1. The standard InChI is InChI=1S/C16H24N2O/c1-11-8-9-14(17)13(10-11)16(19)18(3)15-7-5-4-6-12(15)2/h8-10,12,15H,4-7,17H2,1-3H3. The number of hydrogen-bond donors (Lipinski definition) is 1. The lowest BCUT2D eigenvalue weighted by molar-refractivity contribution is 0.0630. The van der Waals surface area contributed by atoms with Gasteiger partial charge < -0.3 is 10.6 Å². The largest absolute Gasteiger partial charge is 0.398 e. The van der Waals surface area contributed by atoms with E-state index in [2.05, 4.69) is 6.92 Å². The Morgan fingerprint density at radius 2 is 2.00 bits per heavy atom. The number of carbonyl (C=O) groups excluding carboxylic acids is 1. The summed E-state index contributed by atoms with van der Waals surface area (Å²) >= 11 is 0. The predicted molar refractivity (Wildman–Crippen MR) is 79.1 cm³/mol. The van der Waals surface area contributed by atoms with Gasteiger partial charge in [-0.2, -0.15) is 0 Å². The van der Waals surface area contributed by atoms with E-state index in [1.54, 1.807) is 0 Å². The van der Waals surface area contributed by atoms with Crippen LogP contribution < -0.4 is 5.73 Å². The Kier molecular flexibility index (Phi) is 4.13. The van der Waals surface area contributed by atoms with Gasteiger partial charge in [-0.05, 0) is 37.8 Å². The van der Waals surface area contributed by atoms with Crippen molar-refractivity contribution in [1.82, 2.24) is 4.90 Å². The number of anilines is 1. The Labute approximate surface area is 115 Å². The number of nitrogens with zero attached hydrogens (tertiary/aromatic N) is 1. The molecular weight excluding hydrogens is 236 g/mol. The van der Waals surface area contributed by atoms with Crippen molar-refractivity contribution in [2.45, 2.75) is 45.6 Å². The molecule has 0 bridgehead atoms. The highest BCUT2D eigenvalue weighted by Crippen LogP contribution is 2.29. The summed E-state index contributed by atoms with van der Waals surface area (Å²) in [5, 5.41) is 0. The zero-order valence-corrected chi connectivity index (χ0v) is 12.1. The second-order valence-electron chi connectivity index (χ2n) is 5.84. The normalized spacial score (nSPS) is 23.1. The first-order valence-corrected chi connectivity index (χ1v) is 7.14. The van der Waals surface area contributed by atoms with Crippen molar-refractivity contribution in [2.24, 2.45) is 5.92 Å². The minimum absolute atomic E-state index is 0.0555. The maximum atomic E-state index is 12.6. The molecule has 1 saturated carbocycles. The lowest BCUT2D eigenvalue weighted by Crippen LogP contribution is -2.42. The van der Waals surface area contributed by atoms with Crippen molar-refractivity contribution in [3.63, 3.8) is 0 Å². The first kappa shape index (κ1) is 13.9. The van der Waals surface area contributed by atoms with Gasteiger partial charge in [0.2, 0.25) is 0 Å².